The summed E-state index contributed by atoms with van der Waals surface area (Å²) in [7, 11) is 0. The molecule has 118 valence electrons. The number of fused-ring (bicyclic) bond motifs is 1. The van der Waals surface area contributed by atoms with Gasteiger partial charge < -0.3 is 9.88 Å². The van der Waals surface area contributed by atoms with Crippen molar-refractivity contribution in [1.29, 1.82) is 0 Å². The summed E-state index contributed by atoms with van der Waals surface area (Å²) in [5.74, 6) is 1.50. The third-order valence-corrected chi connectivity index (χ3v) is 3.80. The third kappa shape index (κ3) is 2.69. The fraction of sp³-hybridized carbons (Fsp3) is 0.111. The van der Waals surface area contributed by atoms with Crippen molar-refractivity contribution in [1.82, 2.24) is 24.5 Å². The van der Waals surface area contributed by atoms with Crippen molar-refractivity contribution in [2.45, 2.75) is 13.5 Å². The first-order chi connectivity index (χ1) is 11.8. The van der Waals surface area contributed by atoms with E-state index >= 15 is 0 Å². The Kier molecular flexibility index (Phi) is 3.63. The van der Waals surface area contributed by atoms with Crippen LogP contribution in [-0.4, -0.2) is 24.5 Å². The van der Waals surface area contributed by atoms with Crippen LogP contribution in [-0.2, 0) is 6.54 Å². The highest BCUT2D eigenvalue weighted by atomic mass is 15.1. The van der Waals surface area contributed by atoms with E-state index in [2.05, 4.69) is 37.4 Å². The predicted octanol–water partition coefficient (Wildman–Crippen LogP) is 3.13. The first-order valence-electron chi connectivity index (χ1n) is 7.71. The number of para-hydroxylation sites is 1. The Hall–Kier alpha value is -3.28. The van der Waals surface area contributed by atoms with Gasteiger partial charge in [-0.1, -0.05) is 18.2 Å². The predicted molar refractivity (Wildman–Crippen MR) is 93.0 cm³/mol. The second-order valence-corrected chi connectivity index (χ2v) is 5.45. The summed E-state index contributed by atoms with van der Waals surface area (Å²) in [5.41, 5.74) is 2.95. The van der Waals surface area contributed by atoms with Gasteiger partial charge in [-0.3, -0.25) is 0 Å². The highest BCUT2D eigenvalue weighted by molar-refractivity contribution is 5.86. The maximum absolute atomic E-state index is 4.53. The summed E-state index contributed by atoms with van der Waals surface area (Å²) in [4.78, 5) is 17.3. The molecule has 0 aliphatic carbocycles. The highest BCUT2D eigenvalue weighted by Crippen LogP contribution is 2.20. The fourth-order valence-electron chi connectivity index (χ4n) is 2.70. The minimum Gasteiger partial charge on any atom is -0.365 e. The molecule has 4 rings (SSSR count). The van der Waals surface area contributed by atoms with Crippen molar-refractivity contribution < 1.29 is 0 Å². The SMILES string of the molecule is Cc1nc(NCc2ccccc2-n2ccnc2)c2cccnc2n1. The normalized spacial score (nSPS) is 10.9. The Morgan fingerprint density at radius 1 is 1.04 bits per heavy atom. The van der Waals surface area contributed by atoms with E-state index < -0.39 is 0 Å². The van der Waals surface area contributed by atoms with Crippen LogP contribution in [0.1, 0.15) is 11.4 Å². The monoisotopic (exact) mass is 316 g/mol. The summed E-state index contributed by atoms with van der Waals surface area (Å²) in [6.45, 7) is 2.52. The molecule has 0 bridgehead atoms. The molecule has 6 nitrogen and oxygen atoms in total. The van der Waals surface area contributed by atoms with E-state index in [0.717, 1.165) is 22.5 Å². The van der Waals surface area contributed by atoms with Gasteiger partial charge in [-0.15, -0.1) is 0 Å². The van der Waals surface area contributed by atoms with E-state index in [-0.39, 0.29) is 0 Å². The van der Waals surface area contributed by atoms with Crippen LogP contribution < -0.4 is 5.32 Å². The van der Waals surface area contributed by atoms with E-state index in [1.807, 2.05) is 42.0 Å². The van der Waals surface area contributed by atoms with Crippen LogP contribution in [0.3, 0.4) is 0 Å². The van der Waals surface area contributed by atoms with Crippen LogP contribution >= 0.6 is 0 Å². The van der Waals surface area contributed by atoms with Crippen LogP contribution in [0.25, 0.3) is 16.7 Å². The second kappa shape index (κ2) is 6.08. The number of imidazole rings is 1. The van der Waals surface area contributed by atoms with Crippen LogP contribution in [0.5, 0.6) is 0 Å². The maximum atomic E-state index is 4.53. The van der Waals surface area contributed by atoms with Crippen LogP contribution in [0.4, 0.5) is 5.82 Å². The van der Waals surface area contributed by atoms with Gasteiger partial charge in [0, 0.05) is 25.1 Å². The molecule has 0 unspecified atom stereocenters. The number of hydrogen-bond donors (Lipinski definition) is 1. The number of hydrogen-bond acceptors (Lipinski definition) is 5. The zero-order valence-electron chi connectivity index (χ0n) is 13.2. The lowest BCUT2D eigenvalue weighted by atomic mass is 10.1. The van der Waals surface area contributed by atoms with Crippen molar-refractivity contribution in [2.24, 2.45) is 0 Å². The molecule has 0 spiro atoms. The van der Waals surface area contributed by atoms with Gasteiger partial charge in [0.15, 0.2) is 5.65 Å². The molecule has 3 heterocycles. The number of nitrogens with one attached hydrogen (secondary N) is 1. The molecule has 0 atom stereocenters. The molecule has 1 N–H and O–H groups in total. The standard InChI is InChI=1S/C18H16N6/c1-13-22-17-15(6-4-8-20-17)18(23-13)21-11-14-5-2-3-7-16(14)24-10-9-19-12-24/h2-10,12H,11H2,1H3,(H,20,21,22,23). The maximum Gasteiger partial charge on any atom is 0.164 e. The summed E-state index contributed by atoms with van der Waals surface area (Å²) in [6.07, 6.45) is 7.25. The van der Waals surface area contributed by atoms with Crippen molar-refractivity contribution in [3.05, 3.63) is 72.7 Å². The number of pyridine rings is 1. The van der Waals surface area contributed by atoms with Crippen molar-refractivity contribution >= 4 is 16.9 Å². The molecular weight excluding hydrogens is 300 g/mol. The van der Waals surface area contributed by atoms with Gasteiger partial charge in [0.25, 0.3) is 0 Å². The molecule has 4 aromatic rings. The largest absolute Gasteiger partial charge is 0.365 e. The van der Waals surface area contributed by atoms with Gasteiger partial charge in [-0.05, 0) is 30.7 Å². The van der Waals surface area contributed by atoms with E-state index in [1.54, 1.807) is 18.7 Å². The van der Waals surface area contributed by atoms with E-state index in [4.69, 9.17) is 0 Å². The van der Waals surface area contributed by atoms with Gasteiger partial charge in [-0.25, -0.2) is 19.9 Å². The van der Waals surface area contributed by atoms with Gasteiger partial charge in [0.2, 0.25) is 0 Å². The molecule has 0 amide bonds. The van der Waals surface area contributed by atoms with Crippen molar-refractivity contribution in [3.8, 4) is 5.69 Å². The number of rotatable bonds is 4. The first-order valence-corrected chi connectivity index (χ1v) is 7.71. The highest BCUT2D eigenvalue weighted by Gasteiger charge is 2.08. The summed E-state index contributed by atoms with van der Waals surface area (Å²) in [5, 5.41) is 4.34. The van der Waals surface area contributed by atoms with E-state index in [1.165, 1.54) is 0 Å². The summed E-state index contributed by atoms with van der Waals surface area (Å²) >= 11 is 0. The molecular formula is C18H16N6. The lowest BCUT2D eigenvalue weighted by Crippen LogP contribution is -2.07. The zero-order valence-corrected chi connectivity index (χ0v) is 13.2. The number of anilines is 1. The van der Waals surface area contributed by atoms with Crippen LogP contribution in [0, 0.1) is 6.92 Å². The molecule has 1 aromatic carbocycles. The van der Waals surface area contributed by atoms with Gasteiger partial charge in [-0.2, -0.15) is 0 Å². The Morgan fingerprint density at radius 2 is 1.96 bits per heavy atom. The van der Waals surface area contributed by atoms with Crippen LogP contribution in [0.15, 0.2) is 61.3 Å². The number of aromatic nitrogens is 5. The molecule has 3 aromatic heterocycles. The number of aryl methyl sites for hydroxylation is 1. The Labute approximate surface area is 139 Å². The number of nitrogens with zero attached hydrogens (tertiary/aromatic N) is 5. The van der Waals surface area contributed by atoms with E-state index in [0.29, 0.717) is 18.0 Å². The Balaban J connectivity index is 1.67. The molecule has 0 aliphatic rings. The molecule has 0 radical (unpaired) electrons. The summed E-state index contributed by atoms with van der Waals surface area (Å²) in [6, 6.07) is 12.1. The molecule has 6 heteroatoms. The Morgan fingerprint density at radius 3 is 2.83 bits per heavy atom. The third-order valence-electron chi connectivity index (χ3n) is 3.80. The molecule has 0 saturated carbocycles. The zero-order chi connectivity index (χ0) is 16.4. The molecule has 24 heavy (non-hydrogen) atoms. The smallest absolute Gasteiger partial charge is 0.164 e. The molecule has 0 fully saturated rings. The minimum absolute atomic E-state index is 0.648. The van der Waals surface area contributed by atoms with Gasteiger partial charge >= 0.3 is 0 Å². The lowest BCUT2D eigenvalue weighted by molar-refractivity contribution is 0.994. The Bertz CT molecular complexity index is 978. The molecule has 0 saturated heterocycles. The van der Waals surface area contributed by atoms with Gasteiger partial charge in [0.05, 0.1) is 17.4 Å². The first kappa shape index (κ1) is 14.3. The average molecular weight is 316 g/mol. The summed E-state index contributed by atoms with van der Waals surface area (Å²) < 4.78 is 2.00. The molecule has 0 aliphatic heterocycles. The number of benzene rings is 1. The van der Waals surface area contributed by atoms with Gasteiger partial charge in [0.1, 0.15) is 11.6 Å². The lowest BCUT2D eigenvalue weighted by Gasteiger charge is -2.13. The average Bonchev–Trinajstić information content (AvgIpc) is 3.14. The minimum atomic E-state index is 0.648. The van der Waals surface area contributed by atoms with Crippen LogP contribution in [0.2, 0.25) is 0 Å². The fourth-order valence-corrected chi connectivity index (χ4v) is 2.70. The van der Waals surface area contributed by atoms with E-state index in [9.17, 15) is 0 Å². The van der Waals surface area contributed by atoms with Crippen molar-refractivity contribution in [3.63, 3.8) is 0 Å². The quantitative estimate of drug-likeness (QED) is 0.626. The topological polar surface area (TPSA) is 68.5 Å². The second-order valence-electron chi connectivity index (χ2n) is 5.45. The van der Waals surface area contributed by atoms with Crippen molar-refractivity contribution in [2.75, 3.05) is 5.32 Å².